The van der Waals surface area contributed by atoms with Crippen LogP contribution in [-0.2, 0) is 9.53 Å². The first kappa shape index (κ1) is 18.0. The fourth-order valence-corrected chi connectivity index (χ4v) is 2.39. The molecule has 132 valence electrons. The Balaban J connectivity index is 1.60. The van der Waals surface area contributed by atoms with Gasteiger partial charge in [-0.3, -0.25) is 9.69 Å². The van der Waals surface area contributed by atoms with E-state index in [1.165, 1.54) is 19.2 Å². The Labute approximate surface area is 140 Å². The lowest BCUT2D eigenvalue weighted by Gasteiger charge is -2.33. The predicted molar refractivity (Wildman–Crippen MR) is 85.3 cm³/mol. The Morgan fingerprint density at radius 1 is 1.21 bits per heavy atom. The lowest BCUT2D eigenvalue weighted by molar-refractivity contribution is -0.123. The van der Waals surface area contributed by atoms with Crippen LogP contribution in [0.15, 0.2) is 24.3 Å². The number of amides is 2. The van der Waals surface area contributed by atoms with E-state index in [4.69, 9.17) is 4.74 Å². The molecule has 1 fully saturated rings. The van der Waals surface area contributed by atoms with Gasteiger partial charge in [0.05, 0.1) is 7.11 Å². The number of nitrogens with zero attached hydrogens (tertiary/aromatic N) is 2. The fraction of sp³-hybridized carbons (Fsp3) is 0.500. The molecule has 0 saturated carbocycles. The molecule has 1 heterocycles. The number of halogens is 1. The molecule has 7 nitrogen and oxygen atoms in total. The van der Waals surface area contributed by atoms with Gasteiger partial charge in [-0.1, -0.05) is 12.1 Å². The van der Waals surface area contributed by atoms with E-state index in [0.29, 0.717) is 26.2 Å². The maximum atomic E-state index is 13.3. The zero-order chi connectivity index (χ0) is 17.4. The Bertz CT molecular complexity index is 562. The van der Waals surface area contributed by atoms with Crippen LogP contribution in [0.25, 0.3) is 0 Å². The molecule has 0 radical (unpaired) electrons. The summed E-state index contributed by atoms with van der Waals surface area (Å²) in [6.45, 7) is 3.61. The summed E-state index contributed by atoms with van der Waals surface area (Å²) in [5.41, 5.74) is 0. The molecule has 1 aromatic carbocycles. The number of hydrogen-bond donors (Lipinski definition) is 1. The molecule has 0 aliphatic carbocycles. The van der Waals surface area contributed by atoms with Crippen molar-refractivity contribution in [3.05, 3.63) is 30.1 Å². The summed E-state index contributed by atoms with van der Waals surface area (Å²) < 4.78 is 23.2. The quantitative estimate of drug-likeness (QED) is 0.826. The van der Waals surface area contributed by atoms with Crippen LogP contribution < -0.4 is 10.1 Å². The molecule has 1 N–H and O–H groups in total. The summed E-state index contributed by atoms with van der Waals surface area (Å²) in [6.07, 6.45) is -0.312. The van der Waals surface area contributed by atoms with Crippen molar-refractivity contribution in [2.24, 2.45) is 0 Å². The van der Waals surface area contributed by atoms with E-state index in [2.05, 4.69) is 15.0 Å². The molecule has 1 aliphatic rings. The number of piperazine rings is 1. The van der Waals surface area contributed by atoms with Gasteiger partial charge in [0.2, 0.25) is 0 Å². The third-order valence-corrected chi connectivity index (χ3v) is 3.75. The van der Waals surface area contributed by atoms with Gasteiger partial charge in [-0.2, -0.15) is 0 Å². The van der Waals surface area contributed by atoms with Crippen molar-refractivity contribution in [1.29, 1.82) is 0 Å². The maximum absolute atomic E-state index is 13.3. The van der Waals surface area contributed by atoms with Crippen molar-refractivity contribution < 1.29 is 23.5 Å². The van der Waals surface area contributed by atoms with E-state index in [1.807, 2.05) is 0 Å². The lowest BCUT2D eigenvalue weighted by Crippen LogP contribution is -2.50. The highest BCUT2D eigenvalue weighted by Gasteiger charge is 2.21. The van der Waals surface area contributed by atoms with E-state index in [0.717, 1.165) is 13.1 Å². The van der Waals surface area contributed by atoms with Gasteiger partial charge in [-0.05, 0) is 12.1 Å². The lowest BCUT2D eigenvalue weighted by atomic mass is 10.3. The summed E-state index contributed by atoms with van der Waals surface area (Å²) in [5.74, 6) is -0.730. The van der Waals surface area contributed by atoms with Crippen LogP contribution >= 0.6 is 0 Å². The highest BCUT2D eigenvalue weighted by Crippen LogP contribution is 2.14. The number of benzene rings is 1. The predicted octanol–water partition coefficient (Wildman–Crippen LogP) is 0.705. The summed E-state index contributed by atoms with van der Waals surface area (Å²) in [4.78, 5) is 26.9. The highest BCUT2D eigenvalue weighted by molar-refractivity contribution is 5.77. The van der Waals surface area contributed by atoms with Crippen molar-refractivity contribution in [3.8, 4) is 5.75 Å². The summed E-state index contributed by atoms with van der Waals surface area (Å²) >= 11 is 0. The SMILES string of the molecule is COC(=O)N1CCN(CCNC(=O)COc2ccccc2F)CC1. The molecular formula is C16H22FN3O4. The topological polar surface area (TPSA) is 71.1 Å². The molecule has 0 spiro atoms. The Morgan fingerprint density at radius 2 is 1.92 bits per heavy atom. The van der Waals surface area contributed by atoms with Gasteiger partial charge < -0.3 is 19.7 Å². The van der Waals surface area contributed by atoms with Crippen LogP contribution in [0.2, 0.25) is 0 Å². The molecule has 0 bridgehead atoms. The molecule has 0 atom stereocenters. The van der Waals surface area contributed by atoms with Gasteiger partial charge in [0.15, 0.2) is 18.2 Å². The Kier molecular flexibility index (Phi) is 6.80. The molecule has 0 aromatic heterocycles. The third-order valence-electron chi connectivity index (χ3n) is 3.75. The molecule has 2 rings (SSSR count). The number of carbonyl (C=O) groups excluding carboxylic acids is 2. The molecular weight excluding hydrogens is 317 g/mol. The van der Waals surface area contributed by atoms with Gasteiger partial charge in [0.1, 0.15) is 0 Å². The van der Waals surface area contributed by atoms with Gasteiger partial charge in [-0.25, -0.2) is 9.18 Å². The molecule has 1 saturated heterocycles. The second-order valence-electron chi connectivity index (χ2n) is 5.37. The van der Waals surface area contributed by atoms with Gasteiger partial charge in [0, 0.05) is 39.3 Å². The highest BCUT2D eigenvalue weighted by atomic mass is 19.1. The molecule has 24 heavy (non-hydrogen) atoms. The van der Waals surface area contributed by atoms with Crippen LogP contribution in [0.4, 0.5) is 9.18 Å². The van der Waals surface area contributed by atoms with Crippen LogP contribution in [0.5, 0.6) is 5.75 Å². The van der Waals surface area contributed by atoms with Crippen LogP contribution in [0.1, 0.15) is 0 Å². The van der Waals surface area contributed by atoms with Crippen molar-refractivity contribution in [1.82, 2.24) is 15.1 Å². The number of hydrogen-bond acceptors (Lipinski definition) is 5. The summed E-state index contributed by atoms with van der Waals surface area (Å²) in [5, 5.41) is 2.73. The largest absolute Gasteiger partial charge is 0.481 e. The van der Waals surface area contributed by atoms with Crippen LogP contribution in [-0.4, -0.2) is 74.8 Å². The van der Waals surface area contributed by atoms with E-state index in [1.54, 1.807) is 17.0 Å². The Hall–Kier alpha value is -2.35. The number of rotatable bonds is 6. The molecule has 2 amide bonds. The summed E-state index contributed by atoms with van der Waals surface area (Å²) in [6, 6.07) is 5.96. The van der Waals surface area contributed by atoms with Gasteiger partial charge in [0.25, 0.3) is 5.91 Å². The van der Waals surface area contributed by atoms with E-state index < -0.39 is 5.82 Å². The average Bonchev–Trinajstić information content (AvgIpc) is 2.61. The summed E-state index contributed by atoms with van der Waals surface area (Å²) in [7, 11) is 1.37. The first-order valence-corrected chi connectivity index (χ1v) is 7.79. The number of nitrogens with one attached hydrogen (secondary N) is 1. The minimum absolute atomic E-state index is 0.0617. The third kappa shape index (κ3) is 5.38. The van der Waals surface area contributed by atoms with Crippen molar-refractivity contribution in [2.75, 3.05) is 53.0 Å². The smallest absolute Gasteiger partial charge is 0.409 e. The van der Waals surface area contributed by atoms with E-state index in [-0.39, 0.29) is 24.4 Å². The van der Waals surface area contributed by atoms with Crippen molar-refractivity contribution in [2.45, 2.75) is 0 Å². The van der Waals surface area contributed by atoms with E-state index >= 15 is 0 Å². The number of carbonyl (C=O) groups is 2. The number of para-hydroxylation sites is 1. The van der Waals surface area contributed by atoms with Crippen LogP contribution in [0.3, 0.4) is 0 Å². The first-order valence-electron chi connectivity index (χ1n) is 7.79. The molecule has 1 aliphatic heterocycles. The monoisotopic (exact) mass is 339 g/mol. The second-order valence-corrected chi connectivity index (χ2v) is 5.37. The fourth-order valence-electron chi connectivity index (χ4n) is 2.39. The standard InChI is InChI=1S/C16H22FN3O4/c1-23-16(22)20-10-8-19(9-11-20)7-6-18-15(21)12-24-14-5-3-2-4-13(14)17/h2-5H,6-12H2,1H3,(H,18,21). The second kappa shape index (κ2) is 9.07. The minimum atomic E-state index is -0.492. The average molecular weight is 339 g/mol. The molecule has 8 heteroatoms. The number of ether oxygens (including phenoxy) is 2. The normalized spacial score (nSPS) is 15.0. The van der Waals surface area contributed by atoms with Gasteiger partial charge >= 0.3 is 6.09 Å². The van der Waals surface area contributed by atoms with Crippen molar-refractivity contribution in [3.63, 3.8) is 0 Å². The molecule has 1 aromatic rings. The zero-order valence-electron chi connectivity index (χ0n) is 13.7. The Morgan fingerprint density at radius 3 is 2.58 bits per heavy atom. The van der Waals surface area contributed by atoms with Crippen LogP contribution in [0, 0.1) is 5.82 Å². The molecule has 0 unspecified atom stereocenters. The first-order chi connectivity index (χ1) is 11.6. The minimum Gasteiger partial charge on any atom is -0.481 e. The zero-order valence-corrected chi connectivity index (χ0v) is 13.7. The maximum Gasteiger partial charge on any atom is 0.409 e. The number of methoxy groups -OCH3 is 1. The van der Waals surface area contributed by atoms with Gasteiger partial charge in [-0.15, -0.1) is 0 Å². The van der Waals surface area contributed by atoms with E-state index in [9.17, 15) is 14.0 Å². The van der Waals surface area contributed by atoms with Crippen molar-refractivity contribution >= 4 is 12.0 Å².